The van der Waals surface area contributed by atoms with Gasteiger partial charge in [0, 0.05) is 19.6 Å². The van der Waals surface area contributed by atoms with E-state index in [0.717, 1.165) is 22.4 Å². The molecule has 3 rings (SSSR count). The Morgan fingerprint density at radius 2 is 2.05 bits per heavy atom. The maximum Gasteiger partial charge on any atom is 0.106 e. The molecule has 1 aromatic carbocycles. The second-order valence-corrected chi connectivity index (χ2v) is 6.71. The lowest BCUT2D eigenvalue weighted by Crippen LogP contribution is -2.36. The summed E-state index contributed by atoms with van der Waals surface area (Å²) in [5, 5.41) is 10.6. The zero-order chi connectivity index (χ0) is 15.7. The van der Waals surface area contributed by atoms with E-state index < -0.39 is 6.10 Å². The lowest BCUT2D eigenvalue weighted by Gasteiger charge is -2.32. The van der Waals surface area contributed by atoms with Crippen molar-refractivity contribution in [2.45, 2.75) is 51.2 Å². The van der Waals surface area contributed by atoms with E-state index in [2.05, 4.69) is 27.6 Å². The molecule has 2 aromatic rings. The summed E-state index contributed by atoms with van der Waals surface area (Å²) in [6.45, 7) is 2.70. The van der Waals surface area contributed by atoms with Crippen molar-refractivity contribution in [3.8, 4) is 0 Å². The van der Waals surface area contributed by atoms with Crippen molar-refractivity contribution in [1.29, 1.82) is 0 Å². The number of aryl methyl sites for hydroxylation is 2. The smallest absolute Gasteiger partial charge is 0.106 e. The van der Waals surface area contributed by atoms with E-state index in [1.54, 1.807) is 0 Å². The predicted octanol–water partition coefficient (Wildman–Crippen LogP) is 3.18. The highest BCUT2D eigenvalue weighted by Gasteiger charge is 2.21. The van der Waals surface area contributed by atoms with Crippen molar-refractivity contribution in [1.82, 2.24) is 14.5 Å². The second-order valence-electron chi connectivity index (χ2n) is 6.71. The number of hydrogen-bond donors (Lipinski definition) is 1. The van der Waals surface area contributed by atoms with Crippen LogP contribution in [-0.2, 0) is 7.05 Å². The lowest BCUT2D eigenvalue weighted by atomic mass is 9.94. The summed E-state index contributed by atoms with van der Waals surface area (Å²) in [5.41, 5.74) is 3.05. The first-order valence-electron chi connectivity index (χ1n) is 8.37. The molecule has 1 saturated carbocycles. The van der Waals surface area contributed by atoms with Gasteiger partial charge in [-0.2, -0.15) is 0 Å². The third-order valence-corrected chi connectivity index (χ3v) is 5.17. The summed E-state index contributed by atoms with van der Waals surface area (Å²) in [6.07, 6.45) is 6.10. The van der Waals surface area contributed by atoms with E-state index in [-0.39, 0.29) is 0 Å². The van der Waals surface area contributed by atoms with E-state index in [1.807, 2.05) is 26.1 Å². The van der Waals surface area contributed by atoms with Crippen LogP contribution in [0.2, 0.25) is 0 Å². The molecule has 4 nitrogen and oxygen atoms in total. The number of rotatable bonds is 4. The number of aliphatic hydroxyl groups excluding tert-OH is 1. The number of aliphatic hydroxyl groups is 1. The minimum atomic E-state index is -0.446. The fourth-order valence-corrected chi connectivity index (χ4v) is 3.59. The molecule has 120 valence electrons. The first-order valence-corrected chi connectivity index (χ1v) is 8.37. The Bertz CT molecular complexity index is 643. The van der Waals surface area contributed by atoms with Gasteiger partial charge in [-0.05, 0) is 44.5 Å². The highest BCUT2D eigenvalue weighted by Crippen LogP contribution is 2.25. The molecule has 4 heteroatoms. The summed E-state index contributed by atoms with van der Waals surface area (Å²) in [7, 11) is 4.17. The molecule has 1 heterocycles. The molecule has 22 heavy (non-hydrogen) atoms. The van der Waals surface area contributed by atoms with Crippen LogP contribution in [-0.4, -0.2) is 39.2 Å². The Labute approximate surface area is 132 Å². The zero-order valence-electron chi connectivity index (χ0n) is 13.9. The Balaban J connectivity index is 1.72. The van der Waals surface area contributed by atoms with Crippen LogP contribution >= 0.6 is 0 Å². The van der Waals surface area contributed by atoms with Crippen molar-refractivity contribution in [2.24, 2.45) is 7.05 Å². The summed E-state index contributed by atoms with van der Waals surface area (Å²) in [5.74, 6) is 1.00. The summed E-state index contributed by atoms with van der Waals surface area (Å²) in [6, 6.07) is 6.75. The molecule has 1 unspecified atom stereocenters. The van der Waals surface area contributed by atoms with E-state index >= 15 is 0 Å². The van der Waals surface area contributed by atoms with Crippen LogP contribution in [0.4, 0.5) is 0 Å². The van der Waals surface area contributed by atoms with Gasteiger partial charge in [-0.1, -0.05) is 25.3 Å². The SMILES string of the molecule is Cc1nc2cc(C(O)CN(C)C3CCCCC3)ccc2n1C. The second kappa shape index (κ2) is 6.39. The minimum absolute atomic E-state index is 0.446. The third-order valence-electron chi connectivity index (χ3n) is 5.17. The molecule has 1 aliphatic rings. The maximum absolute atomic E-state index is 10.6. The minimum Gasteiger partial charge on any atom is -0.387 e. The van der Waals surface area contributed by atoms with Gasteiger partial charge >= 0.3 is 0 Å². The summed E-state index contributed by atoms with van der Waals surface area (Å²) >= 11 is 0. The molecule has 0 amide bonds. The van der Waals surface area contributed by atoms with Crippen LogP contribution in [0.3, 0.4) is 0 Å². The molecule has 0 spiro atoms. The molecule has 1 aromatic heterocycles. The van der Waals surface area contributed by atoms with Gasteiger partial charge in [-0.3, -0.25) is 0 Å². The molecule has 0 saturated heterocycles. The third kappa shape index (κ3) is 3.03. The van der Waals surface area contributed by atoms with Gasteiger partial charge in [0.1, 0.15) is 5.82 Å². The molecule has 0 aliphatic heterocycles. The standard InChI is InChI=1S/C18H27N3O/c1-13-19-16-11-14(9-10-17(16)21(13)3)18(22)12-20(2)15-7-5-4-6-8-15/h9-11,15,18,22H,4-8,12H2,1-3H3. The van der Waals surface area contributed by atoms with E-state index in [1.165, 1.54) is 32.1 Å². The van der Waals surface area contributed by atoms with Gasteiger partial charge in [0.25, 0.3) is 0 Å². The van der Waals surface area contributed by atoms with E-state index in [0.29, 0.717) is 12.6 Å². The van der Waals surface area contributed by atoms with Crippen LogP contribution in [0, 0.1) is 6.92 Å². The number of aromatic nitrogens is 2. The van der Waals surface area contributed by atoms with Gasteiger partial charge in [-0.15, -0.1) is 0 Å². The number of imidazole rings is 1. The van der Waals surface area contributed by atoms with Gasteiger partial charge in [-0.25, -0.2) is 4.98 Å². The highest BCUT2D eigenvalue weighted by atomic mass is 16.3. The topological polar surface area (TPSA) is 41.3 Å². The average Bonchev–Trinajstić information content (AvgIpc) is 2.82. The van der Waals surface area contributed by atoms with Crippen molar-refractivity contribution in [3.05, 3.63) is 29.6 Å². The predicted molar refractivity (Wildman–Crippen MR) is 89.9 cm³/mol. The lowest BCUT2D eigenvalue weighted by molar-refractivity contribution is 0.0915. The molecule has 1 fully saturated rings. The van der Waals surface area contributed by atoms with Crippen LogP contribution in [0.5, 0.6) is 0 Å². The Hall–Kier alpha value is -1.39. The van der Waals surface area contributed by atoms with Crippen LogP contribution < -0.4 is 0 Å². The first-order chi connectivity index (χ1) is 10.6. The number of nitrogens with zero attached hydrogens (tertiary/aromatic N) is 3. The Kier molecular flexibility index (Phi) is 4.50. The monoisotopic (exact) mass is 301 g/mol. The summed E-state index contributed by atoms with van der Waals surface area (Å²) in [4.78, 5) is 6.89. The largest absolute Gasteiger partial charge is 0.387 e. The van der Waals surface area contributed by atoms with E-state index in [4.69, 9.17) is 0 Å². The molecule has 1 N–H and O–H groups in total. The number of likely N-dealkylation sites (N-methyl/N-ethyl adjacent to an activating group) is 1. The number of benzene rings is 1. The molecule has 0 bridgehead atoms. The maximum atomic E-state index is 10.6. The van der Waals surface area contributed by atoms with Gasteiger partial charge < -0.3 is 14.6 Å². The Morgan fingerprint density at radius 1 is 1.32 bits per heavy atom. The van der Waals surface area contributed by atoms with Crippen molar-refractivity contribution in [3.63, 3.8) is 0 Å². The molecule has 1 aliphatic carbocycles. The van der Waals surface area contributed by atoms with Gasteiger partial charge in [0.2, 0.25) is 0 Å². The van der Waals surface area contributed by atoms with Crippen molar-refractivity contribution >= 4 is 11.0 Å². The van der Waals surface area contributed by atoms with Crippen LogP contribution in [0.15, 0.2) is 18.2 Å². The quantitative estimate of drug-likeness (QED) is 0.943. The van der Waals surface area contributed by atoms with Crippen molar-refractivity contribution < 1.29 is 5.11 Å². The van der Waals surface area contributed by atoms with Crippen molar-refractivity contribution in [2.75, 3.05) is 13.6 Å². The molecule has 1 atom stereocenters. The average molecular weight is 301 g/mol. The van der Waals surface area contributed by atoms with Crippen LogP contribution in [0.25, 0.3) is 11.0 Å². The number of fused-ring (bicyclic) bond motifs is 1. The van der Waals surface area contributed by atoms with Crippen LogP contribution in [0.1, 0.15) is 49.6 Å². The molecular formula is C18H27N3O. The fourth-order valence-electron chi connectivity index (χ4n) is 3.59. The van der Waals surface area contributed by atoms with E-state index in [9.17, 15) is 5.11 Å². The zero-order valence-corrected chi connectivity index (χ0v) is 13.9. The molecule has 0 radical (unpaired) electrons. The fraction of sp³-hybridized carbons (Fsp3) is 0.611. The Morgan fingerprint density at radius 3 is 2.77 bits per heavy atom. The van der Waals surface area contributed by atoms with Gasteiger partial charge in [0.05, 0.1) is 17.1 Å². The molecular weight excluding hydrogens is 274 g/mol. The first kappa shape index (κ1) is 15.5. The summed E-state index contributed by atoms with van der Waals surface area (Å²) < 4.78 is 2.08. The van der Waals surface area contributed by atoms with Gasteiger partial charge in [0.15, 0.2) is 0 Å². The number of hydrogen-bond acceptors (Lipinski definition) is 3. The normalized spacial score (nSPS) is 18.2. The highest BCUT2D eigenvalue weighted by molar-refractivity contribution is 5.76.